The van der Waals surface area contributed by atoms with E-state index in [4.69, 9.17) is 16.3 Å². The summed E-state index contributed by atoms with van der Waals surface area (Å²) in [4.78, 5) is 13.4. The molecule has 24 heavy (non-hydrogen) atoms. The number of quaternary nitrogens is 1. The molecule has 1 heterocycles. The minimum absolute atomic E-state index is 0.0484. The second-order valence-electron chi connectivity index (χ2n) is 5.98. The van der Waals surface area contributed by atoms with Crippen molar-refractivity contribution in [1.82, 2.24) is 9.78 Å². The smallest absolute Gasteiger partial charge is 0.279 e. The topological polar surface area (TPSA) is 60.6 Å². The van der Waals surface area contributed by atoms with Gasteiger partial charge in [-0.25, -0.2) is 0 Å². The summed E-state index contributed by atoms with van der Waals surface area (Å²) in [6, 6.07) is 5.50. The Morgan fingerprint density at radius 2 is 2.12 bits per heavy atom. The van der Waals surface area contributed by atoms with Crippen molar-refractivity contribution < 1.29 is 14.4 Å². The summed E-state index contributed by atoms with van der Waals surface area (Å²) in [6.45, 7) is 4.80. The van der Waals surface area contributed by atoms with Crippen LogP contribution in [-0.2, 0) is 18.4 Å². The van der Waals surface area contributed by atoms with E-state index in [-0.39, 0.29) is 5.91 Å². The third kappa shape index (κ3) is 4.27. The molecule has 6 nitrogen and oxygen atoms in total. The van der Waals surface area contributed by atoms with Gasteiger partial charge in [-0.3, -0.25) is 9.48 Å². The first-order chi connectivity index (χ1) is 11.3. The Morgan fingerprint density at radius 1 is 1.42 bits per heavy atom. The third-order valence-electron chi connectivity index (χ3n) is 3.97. The first-order valence-electron chi connectivity index (χ1n) is 7.75. The number of aromatic nitrogens is 2. The summed E-state index contributed by atoms with van der Waals surface area (Å²) in [5.41, 5.74) is 3.52. The highest BCUT2D eigenvalue weighted by molar-refractivity contribution is 6.30. The maximum atomic E-state index is 12.3. The van der Waals surface area contributed by atoms with E-state index in [2.05, 4.69) is 10.4 Å². The molecule has 1 aromatic carbocycles. The number of hydrogen-bond acceptors (Lipinski definition) is 3. The summed E-state index contributed by atoms with van der Waals surface area (Å²) in [7, 11) is 5.45. The molecule has 2 aromatic rings. The fourth-order valence-electron chi connectivity index (χ4n) is 2.69. The number of benzene rings is 1. The van der Waals surface area contributed by atoms with Crippen molar-refractivity contribution in [2.24, 2.45) is 7.05 Å². The van der Waals surface area contributed by atoms with E-state index in [1.54, 1.807) is 17.9 Å². The van der Waals surface area contributed by atoms with E-state index in [1.165, 1.54) is 0 Å². The predicted octanol–water partition coefficient (Wildman–Crippen LogP) is 1.35. The number of carbonyl (C=O) groups excluding carboxylic acids is 1. The van der Waals surface area contributed by atoms with Gasteiger partial charge in [0.2, 0.25) is 0 Å². The molecule has 0 fully saturated rings. The highest BCUT2D eigenvalue weighted by Gasteiger charge is 2.17. The van der Waals surface area contributed by atoms with Crippen LogP contribution in [0.1, 0.15) is 17.0 Å². The number of anilines is 1. The van der Waals surface area contributed by atoms with Crippen molar-refractivity contribution in [3.63, 3.8) is 0 Å². The molecule has 0 bridgehead atoms. The lowest BCUT2D eigenvalue weighted by Crippen LogP contribution is -3.08. The molecule has 130 valence electrons. The molecule has 0 aliphatic rings. The summed E-state index contributed by atoms with van der Waals surface area (Å²) in [5, 5.41) is 7.92. The number of amides is 1. The fraction of sp³-hybridized carbons (Fsp3) is 0.412. The number of ether oxygens (including phenoxy) is 1. The van der Waals surface area contributed by atoms with Crippen LogP contribution in [0.4, 0.5) is 5.69 Å². The molecular weight excluding hydrogens is 328 g/mol. The number of aryl methyl sites for hydroxylation is 2. The van der Waals surface area contributed by atoms with E-state index in [9.17, 15) is 4.79 Å². The number of halogens is 1. The average Bonchev–Trinajstić information content (AvgIpc) is 2.73. The lowest BCUT2D eigenvalue weighted by molar-refractivity contribution is -0.885. The SMILES string of the molecule is COc1ccc(Cl)cc1C[NH+](C)CC(=O)Nc1c(C)nn(C)c1C. The minimum atomic E-state index is -0.0484. The highest BCUT2D eigenvalue weighted by atomic mass is 35.5. The van der Waals surface area contributed by atoms with Crippen LogP contribution in [0.5, 0.6) is 5.75 Å². The van der Waals surface area contributed by atoms with E-state index in [0.29, 0.717) is 18.1 Å². The van der Waals surface area contributed by atoms with Crippen molar-refractivity contribution in [1.29, 1.82) is 0 Å². The molecule has 1 atom stereocenters. The van der Waals surface area contributed by atoms with Crippen LogP contribution in [0.2, 0.25) is 5.02 Å². The predicted molar refractivity (Wildman–Crippen MR) is 94.8 cm³/mol. The summed E-state index contributed by atoms with van der Waals surface area (Å²) >= 11 is 6.05. The number of carbonyl (C=O) groups is 1. The zero-order chi connectivity index (χ0) is 17.9. The lowest BCUT2D eigenvalue weighted by atomic mass is 10.2. The Bertz CT molecular complexity index is 742. The Labute approximate surface area is 147 Å². The van der Waals surface area contributed by atoms with E-state index in [0.717, 1.165) is 33.3 Å². The van der Waals surface area contributed by atoms with Gasteiger partial charge in [0.25, 0.3) is 5.91 Å². The van der Waals surface area contributed by atoms with Gasteiger partial charge in [0, 0.05) is 17.6 Å². The Morgan fingerprint density at radius 3 is 2.71 bits per heavy atom. The molecule has 0 aliphatic carbocycles. The molecule has 1 amide bonds. The van der Waals surface area contributed by atoms with Gasteiger partial charge in [-0.15, -0.1) is 0 Å². The summed E-state index contributed by atoms with van der Waals surface area (Å²) in [6.07, 6.45) is 0. The van der Waals surface area contributed by atoms with Crippen LogP contribution in [0.3, 0.4) is 0 Å². The summed E-state index contributed by atoms with van der Waals surface area (Å²) in [5.74, 6) is 0.728. The molecule has 1 unspecified atom stereocenters. The first kappa shape index (κ1) is 18.3. The van der Waals surface area contributed by atoms with Crippen molar-refractivity contribution >= 4 is 23.2 Å². The van der Waals surface area contributed by atoms with Gasteiger partial charge in [-0.2, -0.15) is 5.10 Å². The molecule has 0 aliphatic heterocycles. The first-order valence-corrected chi connectivity index (χ1v) is 8.13. The van der Waals surface area contributed by atoms with Crippen molar-refractivity contribution in [3.05, 3.63) is 40.2 Å². The van der Waals surface area contributed by atoms with Gasteiger partial charge in [0.05, 0.1) is 31.2 Å². The van der Waals surface area contributed by atoms with Crippen LogP contribution in [-0.4, -0.2) is 36.4 Å². The maximum Gasteiger partial charge on any atom is 0.279 e. The van der Waals surface area contributed by atoms with Gasteiger partial charge >= 0.3 is 0 Å². The van der Waals surface area contributed by atoms with E-state index < -0.39 is 0 Å². The molecular formula is C17H24ClN4O2+. The number of likely N-dealkylation sites (N-methyl/N-ethyl adjacent to an activating group) is 1. The van der Waals surface area contributed by atoms with Gasteiger partial charge < -0.3 is 15.0 Å². The van der Waals surface area contributed by atoms with Crippen LogP contribution in [0, 0.1) is 13.8 Å². The molecule has 1 aromatic heterocycles. The van der Waals surface area contributed by atoms with Gasteiger partial charge in [0.1, 0.15) is 12.3 Å². The minimum Gasteiger partial charge on any atom is -0.496 e. The van der Waals surface area contributed by atoms with Gasteiger partial charge in [0.15, 0.2) is 6.54 Å². The fourth-order valence-corrected chi connectivity index (χ4v) is 2.88. The third-order valence-corrected chi connectivity index (χ3v) is 4.21. The molecule has 0 spiro atoms. The van der Waals surface area contributed by atoms with Crippen LogP contribution in [0.15, 0.2) is 18.2 Å². The largest absolute Gasteiger partial charge is 0.496 e. The Kier molecular flexibility index (Phi) is 5.85. The van der Waals surface area contributed by atoms with E-state index in [1.807, 2.05) is 40.1 Å². The van der Waals surface area contributed by atoms with Crippen LogP contribution < -0.4 is 15.0 Å². The molecule has 0 saturated heterocycles. The van der Waals surface area contributed by atoms with Gasteiger partial charge in [-0.05, 0) is 32.0 Å². The van der Waals surface area contributed by atoms with Crippen LogP contribution >= 0.6 is 11.6 Å². The van der Waals surface area contributed by atoms with Crippen molar-refractivity contribution in [2.45, 2.75) is 20.4 Å². The second kappa shape index (κ2) is 7.68. The van der Waals surface area contributed by atoms with Crippen molar-refractivity contribution in [3.8, 4) is 5.75 Å². The molecule has 0 radical (unpaired) electrons. The number of nitrogens with zero attached hydrogens (tertiary/aromatic N) is 2. The molecule has 7 heteroatoms. The average molecular weight is 352 g/mol. The summed E-state index contributed by atoms with van der Waals surface area (Å²) < 4.78 is 7.11. The molecule has 2 rings (SSSR count). The molecule has 0 saturated carbocycles. The Balaban J connectivity index is 2.00. The second-order valence-corrected chi connectivity index (χ2v) is 6.42. The Hall–Kier alpha value is -2.05. The number of methoxy groups -OCH3 is 1. The normalized spacial score (nSPS) is 12.1. The number of rotatable bonds is 6. The lowest BCUT2D eigenvalue weighted by Gasteiger charge is -2.16. The molecule has 2 N–H and O–H groups in total. The number of nitrogens with one attached hydrogen (secondary N) is 2. The highest BCUT2D eigenvalue weighted by Crippen LogP contribution is 2.21. The van der Waals surface area contributed by atoms with Gasteiger partial charge in [-0.1, -0.05) is 11.6 Å². The zero-order valence-electron chi connectivity index (χ0n) is 14.7. The van der Waals surface area contributed by atoms with Crippen molar-refractivity contribution in [2.75, 3.05) is 26.0 Å². The quantitative estimate of drug-likeness (QED) is 0.826. The van der Waals surface area contributed by atoms with E-state index >= 15 is 0 Å². The standard InChI is InChI=1S/C17H23ClN4O2/c1-11-17(12(2)22(4)20-11)19-16(23)10-21(3)9-13-8-14(18)6-7-15(13)24-5/h6-8H,9-10H2,1-5H3,(H,19,23)/p+1. The monoisotopic (exact) mass is 351 g/mol. The number of hydrogen-bond donors (Lipinski definition) is 2. The zero-order valence-corrected chi connectivity index (χ0v) is 15.5. The maximum absolute atomic E-state index is 12.3. The van der Waals surface area contributed by atoms with Crippen LogP contribution in [0.25, 0.3) is 0 Å².